The van der Waals surface area contributed by atoms with Crippen molar-refractivity contribution in [2.75, 3.05) is 14.2 Å². The molecule has 23 heavy (non-hydrogen) atoms. The van der Waals surface area contributed by atoms with Crippen LogP contribution in [0.2, 0.25) is 0 Å². The van der Waals surface area contributed by atoms with Gasteiger partial charge in [0.05, 0.1) is 26.7 Å². The van der Waals surface area contributed by atoms with Gasteiger partial charge in [0.25, 0.3) is 0 Å². The van der Waals surface area contributed by atoms with Crippen LogP contribution in [-0.2, 0) is 12.8 Å². The molecule has 4 nitrogen and oxygen atoms in total. The molecule has 116 valence electrons. The first-order valence-electron chi connectivity index (χ1n) is 7.33. The minimum absolute atomic E-state index is 0.305. The molecule has 0 spiro atoms. The van der Waals surface area contributed by atoms with Crippen LogP contribution >= 0.6 is 0 Å². The molecule has 0 saturated carbocycles. The van der Waals surface area contributed by atoms with Crippen LogP contribution in [0.25, 0.3) is 11.0 Å². The monoisotopic (exact) mass is 307 g/mol. The van der Waals surface area contributed by atoms with Gasteiger partial charge < -0.3 is 13.9 Å². The summed E-state index contributed by atoms with van der Waals surface area (Å²) in [4.78, 5) is 0. The molecule has 0 aliphatic rings. The molecule has 0 N–H and O–H groups in total. The second kappa shape index (κ2) is 6.45. The summed E-state index contributed by atoms with van der Waals surface area (Å²) in [6.07, 6.45) is 0.921. The summed E-state index contributed by atoms with van der Waals surface area (Å²) in [5, 5.41) is 10.1. The fraction of sp³-hybridized carbons (Fsp3) is 0.211. The lowest BCUT2D eigenvalue weighted by atomic mass is 10.0. The minimum atomic E-state index is 0.305. The lowest BCUT2D eigenvalue weighted by molar-refractivity contribution is 0.414. The predicted octanol–water partition coefficient (Wildman–Crippen LogP) is 4.11. The molecule has 0 aliphatic heterocycles. The summed E-state index contributed by atoms with van der Waals surface area (Å²) < 4.78 is 16.5. The van der Waals surface area contributed by atoms with Crippen LogP contribution in [0.1, 0.15) is 16.9 Å². The van der Waals surface area contributed by atoms with Crippen molar-refractivity contribution in [1.82, 2.24) is 0 Å². The molecule has 0 fully saturated rings. The number of nitrogens with zero attached hydrogens (tertiary/aromatic N) is 1. The third-order valence-corrected chi connectivity index (χ3v) is 3.84. The molecule has 1 heterocycles. The van der Waals surface area contributed by atoms with Gasteiger partial charge in [-0.2, -0.15) is 5.26 Å². The van der Waals surface area contributed by atoms with Crippen LogP contribution in [0.3, 0.4) is 0 Å². The first-order valence-corrected chi connectivity index (χ1v) is 7.33. The summed E-state index contributed by atoms with van der Waals surface area (Å²) in [6.45, 7) is 0. The molecule has 0 saturated heterocycles. The molecule has 0 atom stereocenters. The molecule has 0 bridgehead atoms. The lowest BCUT2D eigenvalue weighted by Gasteiger charge is -2.04. The third-order valence-electron chi connectivity index (χ3n) is 3.84. The van der Waals surface area contributed by atoms with Crippen LogP contribution in [0.15, 0.2) is 46.9 Å². The Morgan fingerprint density at radius 3 is 2.57 bits per heavy atom. The van der Waals surface area contributed by atoms with Gasteiger partial charge in [0, 0.05) is 17.4 Å². The molecule has 0 radical (unpaired) electrons. The summed E-state index contributed by atoms with van der Waals surface area (Å²) in [6, 6.07) is 15.7. The van der Waals surface area contributed by atoms with Gasteiger partial charge in [-0.1, -0.05) is 12.1 Å². The highest BCUT2D eigenvalue weighted by atomic mass is 16.5. The Morgan fingerprint density at radius 1 is 1.04 bits per heavy atom. The summed E-state index contributed by atoms with van der Waals surface area (Å²) in [7, 11) is 3.27. The fourth-order valence-electron chi connectivity index (χ4n) is 2.69. The topological polar surface area (TPSA) is 55.4 Å². The van der Waals surface area contributed by atoms with E-state index < -0.39 is 0 Å². The number of nitriles is 1. The highest BCUT2D eigenvalue weighted by molar-refractivity contribution is 5.84. The summed E-state index contributed by atoms with van der Waals surface area (Å²) in [5.74, 6) is 2.37. The Hall–Kier alpha value is -2.93. The van der Waals surface area contributed by atoms with E-state index in [-0.39, 0.29) is 0 Å². The number of hydrogen-bond donors (Lipinski definition) is 0. The average Bonchev–Trinajstić information content (AvgIpc) is 2.92. The number of hydrogen-bond acceptors (Lipinski definition) is 4. The van der Waals surface area contributed by atoms with Crippen molar-refractivity contribution in [1.29, 1.82) is 5.26 Å². The quantitative estimate of drug-likeness (QED) is 0.712. The second-order valence-electron chi connectivity index (χ2n) is 5.23. The molecule has 3 aromatic rings. The zero-order valence-corrected chi connectivity index (χ0v) is 13.1. The fourth-order valence-corrected chi connectivity index (χ4v) is 2.69. The van der Waals surface area contributed by atoms with Gasteiger partial charge in [-0.15, -0.1) is 0 Å². The lowest BCUT2D eigenvalue weighted by Crippen LogP contribution is -1.93. The maximum absolute atomic E-state index is 9.15. The van der Waals surface area contributed by atoms with Crippen LogP contribution in [0, 0.1) is 11.3 Å². The van der Waals surface area contributed by atoms with Crippen molar-refractivity contribution in [2.45, 2.75) is 12.8 Å². The van der Waals surface area contributed by atoms with Gasteiger partial charge >= 0.3 is 0 Å². The van der Waals surface area contributed by atoms with Crippen molar-refractivity contribution >= 4 is 11.0 Å². The minimum Gasteiger partial charge on any atom is -0.497 e. The Balaban J connectivity index is 2.05. The normalized spacial score (nSPS) is 10.5. The smallest absolute Gasteiger partial charge is 0.134 e. The molecular weight excluding hydrogens is 290 g/mol. The Bertz CT molecular complexity index is 874. The zero-order valence-electron chi connectivity index (χ0n) is 13.1. The van der Waals surface area contributed by atoms with Gasteiger partial charge in [-0.3, -0.25) is 0 Å². The number of benzene rings is 2. The van der Waals surface area contributed by atoms with E-state index >= 15 is 0 Å². The van der Waals surface area contributed by atoms with E-state index in [2.05, 4.69) is 6.07 Å². The van der Waals surface area contributed by atoms with E-state index in [1.54, 1.807) is 14.2 Å². The van der Waals surface area contributed by atoms with E-state index in [1.165, 1.54) is 0 Å². The van der Waals surface area contributed by atoms with Crippen molar-refractivity contribution in [3.8, 4) is 17.6 Å². The van der Waals surface area contributed by atoms with E-state index in [0.29, 0.717) is 12.8 Å². The summed E-state index contributed by atoms with van der Waals surface area (Å²) >= 11 is 0. The van der Waals surface area contributed by atoms with Gasteiger partial charge in [0.15, 0.2) is 0 Å². The Morgan fingerprint density at radius 2 is 1.83 bits per heavy atom. The molecular formula is C19H17NO3. The van der Waals surface area contributed by atoms with E-state index in [4.69, 9.17) is 19.2 Å². The van der Waals surface area contributed by atoms with Crippen LogP contribution in [0.4, 0.5) is 0 Å². The maximum atomic E-state index is 9.15. The predicted molar refractivity (Wildman–Crippen MR) is 87.9 cm³/mol. The van der Waals surface area contributed by atoms with Crippen LogP contribution in [0.5, 0.6) is 11.5 Å². The maximum Gasteiger partial charge on any atom is 0.134 e. The van der Waals surface area contributed by atoms with Crippen LogP contribution in [-0.4, -0.2) is 14.2 Å². The molecule has 0 amide bonds. The van der Waals surface area contributed by atoms with E-state index in [1.807, 2.05) is 42.5 Å². The van der Waals surface area contributed by atoms with Gasteiger partial charge in [0.1, 0.15) is 22.8 Å². The number of methoxy groups -OCH3 is 2. The van der Waals surface area contributed by atoms with Crippen molar-refractivity contribution in [3.63, 3.8) is 0 Å². The molecule has 0 aliphatic carbocycles. The van der Waals surface area contributed by atoms with Gasteiger partial charge in [-0.25, -0.2) is 0 Å². The Kier molecular flexibility index (Phi) is 4.20. The zero-order chi connectivity index (χ0) is 16.2. The number of fused-ring (bicyclic) bond motifs is 1. The van der Waals surface area contributed by atoms with Gasteiger partial charge in [0.2, 0.25) is 0 Å². The van der Waals surface area contributed by atoms with Crippen molar-refractivity contribution in [2.24, 2.45) is 0 Å². The molecule has 1 aromatic heterocycles. The van der Waals surface area contributed by atoms with Crippen molar-refractivity contribution < 1.29 is 13.9 Å². The standard InChI is InChI=1S/C19H17NO3/c1-21-14-5-3-4-13(10-14)11-19-16(8-9-20)17-12-15(22-2)6-7-18(17)23-19/h3-7,10,12H,8,11H2,1-2H3. The Labute approximate surface area is 134 Å². The first kappa shape index (κ1) is 15.0. The van der Waals surface area contributed by atoms with Crippen molar-refractivity contribution in [3.05, 3.63) is 59.4 Å². The highest BCUT2D eigenvalue weighted by Gasteiger charge is 2.15. The largest absolute Gasteiger partial charge is 0.497 e. The molecule has 3 rings (SSSR count). The van der Waals surface area contributed by atoms with Crippen LogP contribution < -0.4 is 9.47 Å². The average molecular weight is 307 g/mol. The number of ether oxygens (including phenoxy) is 2. The van der Waals surface area contributed by atoms with E-state index in [9.17, 15) is 0 Å². The SMILES string of the molecule is COc1cccc(Cc2oc3ccc(OC)cc3c2CC#N)c1. The molecule has 4 heteroatoms. The number of furan rings is 1. The van der Waals surface area contributed by atoms with Gasteiger partial charge in [-0.05, 0) is 35.9 Å². The summed E-state index contributed by atoms with van der Waals surface area (Å²) in [5.41, 5.74) is 2.77. The molecule has 0 unspecified atom stereocenters. The number of rotatable bonds is 5. The van der Waals surface area contributed by atoms with E-state index in [0.717, 1.165) is 39.4 Å². The highest BCUT2D eigenvalue weighted by Crippen LogP contribution is 2.31. The molecule has 2 aromatic carbocycles. The second-order valence-corrected chi connectivity index (χ2v) is 5.23. The third kappa shape index (κ3) is 3.00. The first-order chi connectivity index (χ1) is 11.2.